The Hall–Kier alpha value is -3.51. The fourth-order valence-electron chi connectivity index (χ4n) is 6.42. The molecule has 6 rings (SSSR count). The van der Waals surface area contributed by atoms with Crippen molar-refractivity contribution in [3.05, 3.63) is 77.4 Å². The second-order valence-electron chi connectivity index (χ2n) is 10.4. The van der Waals surface area contributed by atoms with Crippen molar-refractivity contribution in [3.63, 3.8) is 0 Å². The minimum Gasteiger partial charge on any atom is -0.390 e. The maximum absolute atomic E-state index is 15.1. The van der Waals surface area contributed by atoms with E-state index in [-0.39, 0.29) is 29.7 Å². The highest BCUT2D eigenvalue weighted by Crippen LogP contribution is 2.52. The number of para-hydroxylation sites is 1. The van der Waals surface area contributed by atoms with Crippen molar-refractivity contribution in [2.45, 2.75) is 51.6 Å². The van der Waals surface area contributed by atoms with Gasteiger partial charge in [0.2, 0.25) is 0 Å². The molecule has 4 aromatic rings. The normalized spacial score (nSPS) is 23.4. The lowest BCUT2D eigenvalue weighted by Gasteiger charge is -2.48. The van der Waals surface area contributed by atoms with Gasteiger partial charge in [-0.3, -0.25) is 9.78 Å². The van der Waals surface area contributed by atoms with E-state index in [1.54, 1.807) is 12.1 Å². The van der Waals surface area contributed by atoms with Crippen LogP contribution in [0.4, 0.5) is 4.39 Å². The van der Waals surface area contributed by atoms with Crippen LogP contribution in [-0.2, 0) is 23.2 Å². The number of benzene rings is 2. The standard InChI is InChI=1S/C30H28FN3O2/c1-17-23-12-11-21-27(20-8-3-5-9-24(20)31)33-29(34-28(21)30(23,2)14-13-26(17)36)22-15-18(16-35)32-25-10-6-4-7-19(22)25/h3-10,15,17,23,35H,11-14,16H2,1-2H3/t17-,23-,30-/m1/s1. The molecular formula is C30H28FN3O2. The van der Waals surface area contributed by atoms with E-state index in [1.807, 2.05) is 43.3 Å². The molecule has 0 bridgehead atoms. The number of fused-ring (bicyclic) bond motifs is 4. The lowest BCUT2D eigenvalue weighted by atomic mass is 9.56. The molecule has 2 aromatic carbocycles. The maximum atomic E-state index is 15.1. The summed E-state index contributed by atoms with van der Waals surface area (Å²) >= 11 is 0. The second kappa shape index (κ2) is 8.56. The molecule has 2 aliphatic carbocycles. The van der Waals surface area contributed by atoms with Crippen molar-refractivity contribution in [1.29, 1.82) is 0 Å². The number of hydrogen-bond donors (Lipinski definition) is 1. The van der Waals surface area contributed by atoms with Gasteiger partial charge in [0.25, 0.3) is 0 Å². The Morgan fingerprint density at radius 2 is 1.81 bits per heavy atom. The van der Waals surface area contributed by atoms with Crippen LogP contribution in [0.3, 0.4) is 0 Å². The Bertz CT molecular complexity index is 1520. The molecule has 0 radical (unpaired) electrons. The van der Waals surface area contributed by atoms with Crippen molar-refractivity contribution in [1.82, 2.24) is 15.0 Å². The third-order valence-electron chi connectivity index (χ3n) is 8.38. The smallest absolute Gasteiger partial charge is 0.160 e. The number of halogens is 1. The summed E-state index contributed by atoms with van der Waals surface area (Å²) in [6, 6.07) is 16.3. The number of ketones is 1. The van der Waals surface area contributed by atoms with Gasteiger partial charge in [-0.1, -0.05) is 44.2 Å². The molecule has 5 nitrogen and oxygen atoms in total. The second-order valence-corrected chi connectivity index (χ2v) is 10.4. The van der Waals surface area contributed by atoms with Gasteiger partial charge in [-0.25, -0.2) is 14.4 Å². The monoisotopic (exact) mass is 481 g/mol. The number of aromatic nitrogens is 3. The molecule has 2 aromatic heterocycles. The molecule has 0 amide bonds. The van der Waals surface area contributed by atoms with Gasteiger partial charge in [0.1, 0.15) is 11.6 Å². The molecule has 0 unspecified atom stereocenters. The summed E-state index contributed by atoms with van der Waals surface area (Å²) in [4.78, 5) is 27.4. The maximum Gasteiger partial charge on any atom is 0.160 e. The molecule has 36 heavy (non-hydrogen) atoms. The van der Waals surface area contributed by atoms with E-state index in [9.17, 15) is 9.90 Å². The summed E-state index contributed by atoms with van der Waals surface area (Å²) in [5.41, 5.74) is 4.70. The first kappa shape index (κ1) is 22.9. The largest absolute Gasteiger partial charge is 0.390 e. The van der Waals surface area contributed by atoms with E-state index in [1.165, 1.54) is 6.07 Å². The van der Waals surface area contributed by atoms with Crippen LogP contribution >= 0.6 is 0 Å². The van der Waals surface area contributed by atoms with E-state index in [2.05, 4.69) is 11.9 Å². The number of pyridine rings is 1. The third kappa shape index (κ3) is 3.46. The molecule has 1 saturated carbocycles. The molecule has 6 heteroatoms. The number of nitrogens with zero attached hydrogens (tertiary/aromatic N) is 3. The summed E-state index contributed by atoms with van der Waals surface area (Å²) in [5, 5.41) is 10.8. The van der Waals surface area contributed by atoms with Crippen LogP contribution in [0.2, 0.25) is 0 Å². The van der Waals surface area contributed by atoms with Gasteiger partial charge in [0.05, 0.1) is 29.2 Å². The highest BCUT2D eigenvalue weighted by atomic mass is 19.1. The van der Waals surface area contributed by atoms with Crippen LogP contribution in [0.5, 0.6) is 0 Å². The van der Waals surface area contributed by atoms with Gasteiger partial charge in [-0.15, -0.1) is 0 Å². The topological polar surface area (TPSA) is 76.0 Å². The number of carbonyl (C=O) groups is 1. The van der Waals surface area contributed by atoms with E-state index >= 15 is 4.39 Å². The van der Waals surface area contributed by atoms with Crippen LogP contribution in [0.25, 0.3) is 33.5 Å². The predicted molar refractivity (Wildman–Crippen MR) is 137 cm³/mol. The zero-order chi connectivity index (χ0) is 25.0. The molecule has 2 heterocycles. The van der Waals surface area contributed by atoms with Crippen molar-refractivity contribution < 1.29 is 14.3 Å². The molecule has 1 N–H and O–H groups in total. The first-order chi connectivity index (χ1) is 17.4. The fraction of sp³-hybridized carbons (Fsp3) is 0.333. The average Bonchev–Trinajstić information content (AvgIpc) is 2.90. The minimum atomic E-state index is -0.320. The number of carbonyl (C=O) groups excluding carboxylic acids is 1. The first-order valence-electron chi connectivity index (χ1n) is 12.6. The zero-order valence-corrected chi connectivity index (χ0v) is 20.5. The Balaban J connectivity index is 1.67. The molecule has 0 spiro atoms. The summed E-state index contributed by atoms with van der Waals surface area (Å²) < 4.78 is 15.1. The summed E-state index contributed by atoms with van der Waals surface area (Å²) in [6.45, 7) is 4.05. The molecular weight excluding hydrogens is 453 g/mol. The van der Waals surface area contributed by atoms with Gasteiger partial charge in [0.15, 0.2) is 5.82 Å². The van der Waals surface area contributed by atoms with Crippen LogP contribution in [0, 0.1) is 17.7 Å². The summed E-state index contributed by atoms with van der Waals surface area (Å²) in [6.07, 6.45) is 2.80. The van der Waals surface area contributed by atoms with Gasteiger partial charge < -0.3 is 5.11 Å². The highest BCUT2D eigenvalue weighted by molar-refractivity contribution is 5.93. The van der Waals surface area contributed by atoms with E-state index in [0.717, 1.165) is 40.6 Å². The van der Waals surface area contributed by atoms with Crippen molar-refractivity contribution >= 4 is 16.7 Å². The highest BCUT2D eigenvalue weighted by Gasteiger charge is 2.49. The molecule has 3 atom stereocenters. The molecule has 1 fully saturated rings. The van der Waals surface area contributed by atoms with Crippen molar-refractivity contribution in [3.8, 4) is 22.6 Å². The summed E-state index contributed by atoms with van der Waals surface area (Å²) in [7, 11) is 0. The van der Waals surface area contributed by atoms with Gasteiger partial charge in [0, 0.05) is 39.8 Å². The third-order valence-corrected chi connectivity index (χ3v) is 8.38. The van der Waals surface area contributed by atoms with Crippen LogP contribution in [0.1, 0.15) is 50.1 Å². The molecule has 0 aliphatic heterocycles. The van der Waals surface area contributed by atoms with E-state index in [0.29, 0.717) is 41.4 Å². The Kier molecular flexibility index (Phi) is 5.45. The lowest BCUT2D eigenvalue weighted by Crippen LogP contribution is -2.47. The number of aliphatic hydroxyl groups excluding tert-OH is 1. The predicted octanol–water partition coefficient (Wildman–Crippen LogP) is 5.81. The van der Waals surface area contributed by atoms with E-state index in [4.69, 9.17) is 9.97 Å². The Morgan fingerprint density at radius 1 is 1.03 bits per heavy atom. The lowest BCUT2D eigenvalue weighted by molar-refractivity contribution is -0.128. The van der Waals surface area contributed by atoms with Crippen LogP contribution < -0.4 is 0 Å². The number of aliphatic hydroxyl groups is 1. The van der Waals surface area contributed by atoms with E-state index < -0.39 is 0 Å². The zero-order valence-electron chi connectivity index (χ0n) is 20.5. The number of Topliss-reactive ketones (excluding diaryl/α,β-unsaturated/α-hetero) is 1. The molecule has 2 aliphatic rings. The number of rotatable bonds is 3. The fourth-order valence-corrected chi connectivity index (χ4v) is 6.42. The number of hydrogen-bond acceptors (Lipinski definition) is 5. The van der Waals surface area contributed by atoms with Crippen LogP contribution in [0.15, 0.2) is 54.6 Å². The Labute approximate surface area is 209 Å². The SMILES string of the molecule is C[C@H]1C(=O)CC[C@@]2(C)c3nc(-c4cc(CO)nc5ccccc45)nc(-c4ccccc4F)c3CC[C@H]12. The van der Waals surface area contributed by atoms with Gasteiger partial charge >= 0.3 is 0 Å². The Morgan fingerprint density at radius 3 is 2.61 bits per heavy atom. The minimum absolute atomic E-state index is 0.0324. The van der Waals surface area contributed by atoms with Gasteiger partial charge in [-0.2, -0.15) is 0 Å². The van der Waals surface area contributed by atoms with Crippen molar-refractivity contribution in [2.75, 3.05) is 0 Å². The molecule has 0 saturated heterocycles. The average molecular weight is 482 g/mol. The quantitative estimate of drug-likeness (QED) is 0.400. The van der Waals surface area contributed by atoms with Crippen molar-refractivity contribution in [2.24, 2.45) is 11.8 Å². The molecule has 182 valence electrons. The van der Waals surface area contributed by atoms with Crippen LogP contribution in [-0.4, -0.2) is 25.8 Å². The first-order valence-corrected chi connectivity index (χ1v) is 12.6. The van der Waals surface area contributed by atoms with Gasteiger partial charge in [-0.05, 0) is 49.4 Å². The summed E-state index contributed by atoms with van der Waals surface area (Å²) in [5.74, 6) is 0.642.